The number of benzene rings is 3. The molecule has 0 spiro atoms. The molecule has 0 unspecified atom stereocenters. The van der Waals surface area contributed by atoms with Crippen LogP contribution in [0, 0.1) is 0 Å². The van der Waals surface area contributed by atoms with Gasteiger partial charge in [0.15, 0.2) is 0 Å². The molecule has 1 atom stereocenters. The fourth-order valence-corrected chi connectivity index (χ4v) is 3.80. The average Bonchev–Trinajstić information content (AvgIpc) is 3.22. The molecule has 0 saturated heterocycles. The number of aromatic amines is 1. The molecule has 6 nitrogen and oxygen atoms in total. The number of hydrogen-bond acceptors (Lipinski definition) is 3. The predicted octanol–water partition coefficient (Wildman–Crippen LogP) is 5.53. The van der Waals surface area contributed by atoms with Crippen molar-refractivity contribution in [1.82, 2.24) is 10.3 Å². The molecule has 0 bridgehead atoms. The number of amides is 2. The predicted molar refractivity (Wildman–Crippen MR) is 126 cm³/mol. The molecule has 2 amide bonds. The molecular weight excluding hydrogens is 483 g/mol. The number of para-hydroxylation sites is 1. The maximum atomic E-state index is 13.1. The number of hydrogen-bond donors (Lipinski definition) is 4. The summed E-state index contributed by atoms with van der Waals surface area (Å²) >= 11 is 5.94. The zero-order valence-corrected chi connectivity index (χ0v) is 18.7. The number of rotatable bonds is 6. The molecule has 0 aliphatic rings. The zero-order chi connectivity index (χ0) is 25.2. The number of carbonyl (C=O) groups excluding carboxylic acids is 2. The molecule has 4 N–H and O–H groups in total. The third-order valence-corrected chi connectivity index (χ3v) is 5.64. The summed E-state index contributed by atoms with van der Waals surface area (Å²) in [5.41, 5.74) is 0.734. The van der Waals surface area contributed by atoms with E-state index in [1.807, 2.05) is 24.3 Å². The van der Waals surface area contributed by atoms with Gasteiger partial charge in [-0.1, -0.05) is 29.8 Å². The van der Waals surface area contributed by atoms with Gasteiger partial charge in [-0.05, 0) is 54.1 Å². The summed E-state index contributed by atoms with van der Waals surface area (Å²) < 4.78 is 38.5. The maximum Gasteiger partial charge on any atom is 0.416 e. The number of fused-ring (bicyclic) bond motifs is 1. The van der Waals surface area contributed by atoms with Crippen molar-refractivity contribution >= 4 is 40.0 Å². The molecule has 4 rings (SSSR count). The first kappa shape index (κ1) is 24.2. The number of aromatic nitrogens is 1. The Morgan fingerprint density at radius 3 is 2.46 bits per heavy atom. The van der Waals surface area contributed by atoms with Crippen LogP contribution in [0.2, 0.25) is 5.02 Å². The largest absolute Gasteiger partial charge is 0.507 e. The first-order chi connectivity index (χ1) is 16.6. The Labute approximate surface area is 202 Å². The minimum absolute atomic E-state index is 0.0730. The lowest BCUT2D eigenvalue weighted by Crippen LogP contribution is -2.45. The van der Waals surface area contributed by atoms with Crippen molar-refractivity contribution in [2.75, 3.05) is 5.32 Å². The standard InChI is InChI=1S/C25H19ClF3N3O3/c26-16-7-10-22(33)19(12-16)23(34)32-21(11-14-13-30-20-4-2-1-3-18(14)20)24(35)31-17-8-5-15(6-9-17)25(27,28)29/h1-10,12-13,21,30,33H,11H2,(H,31,35)(H,32,34)/t21-/m1/s1. The maximum absolute atomic E-state index is 13.1. The Morgan fingerprint density at radius 1 is 1.03 bits per heavy atom. The van der Waals surface area contributed by atoms with Gasteiger partial charge in [0, 0.05) is 34.2 Å². The molecular formula is C25H19ClF3N3O3. The number of carbonyl (C=O) groups is 2. The number of phenols is 1. The van der Waals surface area contributed by atoms with Crippen molar-refractivity contribution in [2.45, 2.75) is 18.6 Å². The summed E-state index contributed by atoms with van der Waals surface area (Å²) in [7, 11) is 0. The van der Waals surface area contributed by atoms with Crippen LogP contribution in [0.1, 0.15) is 21.5 Å². The molecule has 180 valence electrons. The van der Waals surface area contributed by atoms with E-state index in [0.717, 1.165) is 40.7 Å². The van der Waals surface area contributed by atoms with Crippen LogP contribution >= 0.6 is 11.6 Å². The monoisotopic (exact) mass is 501 g/mol. The Morgan fingerprint density at radius 2 is 1.74 bits per heavy atom. The first-order valence-electron chi connectivity index (χ1n) is 10.4. The smallest absolute Gasteiger partial charge is 0.416 e. The molecule has 10 heteroatoms. The van der Waals surface area contributed by atoms with Gasteiger partial charge in [0.1, 0.15) is 11.8 Å². The van der Waals surface area contributed by atoms with Crippen LogP contribution < -0.4 is 10.6 Å². The molecule has 1 aromatic heterocycles. The van der Waals surface area contributed by atoms with Crippen molar-refractivity contribution < 1.29 is 27.9 Å². The molecule has 0 saturated carbocycles. The number of H-pyrrole nitrogens is 1. The van der Waals surface area contributed by atoms with Crippen LogP contribution in [-0.2, 0) is 17.4 Å². The average molecular weight is 502 g/mol. The third kappa shape index (κ3) is 5.58. The summed E-state index contributed by atoms with van der Waals surface area (Å²) in [5.74, 6) is -1.71. The number of phenolic OH excluding ortho intramolecular Hbond substituents is 1. The van der Waals surface area contributed by atoms with Crippen molar-refractivity contribution in [3.63, 3.8) is 0 Å². The molecule has 0 fully saturated rings. The lowest BCUT2D eigenvalue weighted by atomic mass is 10.0. The Hall–Kier alpha value is -3.98. The van der Waals surface area contributed by atoms with Crippen molar-refractivity contribution in [1.29, 1.82) is 0 Å². The number of halogens is 4. The molecule has 3 aromatic carbocycles. The fraction of sp³-hybridized carbons (Fsp3) is 0.120. The lowest BCUT2D eigenvalue weighted by Gasteiger charge is -2.19. The van der Waals surface area contributed by atoms with Gasteiger partial charge in [0.05, 0.1) is 11.1 Å². The quantitative estimate of drug-likeness (QED) is 0.280. The highest BCUT2D eigenvalue weighted by molar-refractivity contribution is 6.31. The van der Waals surface area contributed by atoms with E-state index in [9.17, 15) is 27.9 Å². The van der Waals surface area contributed by atoms with E-state index >= 15 is 0 Å². The number of alkyl halides is 3. The van der Waals surface area contributed by atoms with Crippen LogP contribution in [-0.4, -0.2) is 27.9 Å². The van der Waals surface area contributed by atoms with Gasteiger partial charge >= 0.3 is 6.18 Å². The van der Waals surface area contributed by atoms with E-state index in [2.05, 4.69) is 15.6 Å². The van der Waals surface area contributed by atoms with E-state index in [1.54, 1.807) is 6.20 Å². The normalized spacial score (nSPS) is 12.3. The van der Waals surface area contributed by atoms with Crippen molar-refractivity contribution in [3.8, 4) is 5.75 Å². The van der Waals surface area contributed by atoms with Crippen LogP contribution in [0.4, 0.5) is 18.9 Å². The second kappa shape index (κ2) is 9.71. The summed E-state index contributed by atoms with van der Waals surface area (Å²) in [6.45, 7) is 0. The summed E-state index contributed by atoms with van der Waals surface area (Å²) in [5, 5.41) is 16.3. The molecule has 0 aliphatic heterocycles. The van der Waals surface area contributed by atoms with E-state index in [4.69, 9.17) is 11.6 Å². The highest BCUT2D eigenvalue weighted by Crippen LogP contribution is 2.30. The Bertz CT molecular complexity index is 1380. The van der Waals surface area contributed by atoms with Crippen LogP contribution in [0.25, 0.3) is 10.9 Å². The van der Waals surface area contributed by atoms with Crippen molar-refractivity contribution in [3.05, 3.63) is 94.6 Å². The van der Waals surface area contributed by atoms with E-state index in [1.165, 1.54) is 18.2 Å². The molecule has 0 radical (unpaired) electrons. The second-order valence-corrected chi connectivity index (χ2v) is 8.25. The Kier molecular flexibility index (Phi) is 6.70. The van der Waals surface area contributed by atoms with Crippen LogP contribution in [0.3, 0.4) is 0 Å². The van der Waals surface area contributed by atoms with Gasteiger partial charge in [-0.15, -0.1) is 0 Å². The molecule has 4 aromatic rings. The van der Waals surface area contributed by atoms with E-state index in [-0.39, 0.29) is 28.4 Å². The minimum Gasteiger partial charge on any atom is -0.507 e. The van der Waals surface area contributed by atoms with E-state index < -0.39 is 29.6 Å². The van der Waals surface area contributed by atoms with Gasteiger partial charge < -0.3 is 20.7 Å². The molecule has 0 aliphatic carbocycles. The molecule has 35 heavy (non-hydrogen) atoms. The minimum atomic E-state index is -4.51. The summed E-state index contributed by atoms with van der Waals surface area (Å²) in [6, 6.07) is 14.2. The highest BCUT2D eigenvalue weighted by Gasteiger charge is 2.30. The number of aromatic hydroxyl groups is 1. The Balaban J connectivity index is 1.60. The zero-order valence-electron chi connectivity index (χ0n) is 18.0. The number of nitrogens with one attached hydrogen (secondary N) is 3. The third-order valence-electron chi connectivity index (χ3n) is 5.40. The van der Waals surface area contributed by atoms with Gasteiger partial charge in [-0.25, -0.2) is 0 Å². The first-order valence-corrected chi connectivity index (χ1v) is 10.8. The van der Waals surface area contributed by atoms with Gasteiger partial charge in [0.25, 0.3) is 5.91 Å². The summed E-state index contributed by atoms with van der Waals surface area (Å²) in [4.78, 5) is 29.1. The lowest BCUT2D eigenvalue weighted by molar-refractivity contribution is -0.137. The van der Waals surface area contributed by atoms with Crippen molar-refractivity contribution in [2.24, 2.45) is 0 Å². The van der Waals surface area contributed by atoms with Crippen LogP contribution in [0.5, 0.6) is 5.75 Å². The summed E-state index contributed by atoms with van der Waals surface area (Å²) in [6.07, 6.45) is -2.72. The molecule has 1 heterocycles. The van der Waals surface area contributed by atoms with E-state index in [0.29, 0.717) is 0 Å². The van der Waals surface area contributed by atoms with Gasteiger partial charge in [-0.3, -0.25) is 9.59 Å². The SMILES string of the molecule is O=C(N[C@H](Cc1c[nH]c2ccccc12)C(=O)Nc1ccc(C(F)(F)F)cc1)c1cc(Cl)ccc1O. The van der Waals surface area contributed by atoms with Gasteiger partial charge in [-0.2, -0.15) is 13.2 Å². The van der Waals surface area contributed by atoms with Crippen LogP contribution in [0.15, 0.2) is 72.9 Å². The number of anilines is 1. The second-order valence-electron chi connectivity index (χ2n) is 7.82. The fourth-order valence-electron chi connectivity index (χ4n) is 3.63. The highest BCUT2D eigenvalue weighted by atomic mass is 35.5. The topological polar surface area (TPSA) is 94.2 Å². The van der Waals surface area contributed by atoms with Gasteiger partial charge in [0.2, 0.25) is 5.91 Å².